The molecule has 1 atom stereocenters. The summed E-state index contributed by atoms with van der Waals surface area (Å²) in [6.07, 6.45) is 1.55. The molecule has 10 heteroatoms. The zero-order valence-corrected chi connectivity index (χ0v) is 20.6. The maximum absolute atomic E-state index is 12.9. The first kappa shape index (κ1) is 22.8. The monoisotopic (exact) mass is 570 g/mol. The standard InChI is InChI=1S/C20H16Br2N2O4S2/c1-10(18(26)23-13-3-5-14(28-2)6-4-13)24-19(27)16(30-20(24)29)8-11-7-12(21)9-15(22)17(11)25/h3-10,25H,1-2H3,(H,23,26)/b16-8-. The van der Waals surface area contributed by atoms with Gasteiger partial charge in [0.05, 0.1) is 16.5 Å². The molecule has 2 aromatic rings. The number of aromatic hydroxyl groups is 1. The first-order valence-corrected chi connectivity index (χ1v) is 11.4. The van der Waals surface area contributed by atoms with Crippen LogP contribution in [0.5, 0.6) is 11.5 Å². The molecule has 0 saturated carbocycles. The Morgan fingerprint density at radius 2 is 1.97 bits per heavy atom. The number of rotatable bonds is 5. The highest BCUT2D eigenvalue weighted by Gasteiger charge is 2.38. The summed E-state index contributed by atoms with van der Waals surface area (Å²) >= 11 is 13.1. The van der Waals surface area contributed by atoms with Crippen LogP contribution in [0.2, 0.25) is 0 Å². The van der Waals surface area contributed by atoms with Crippen LogP contribution in [0.15, 0.2) is 50.2 Å². The van der Waals surface area contributed by atoms with E-state index in [0.717, 1.165) is 16.2 Å². The molecule has 1 aliphatic heterocycles. The molecule has 0 bridgehead atoms. The van der Waals surface area contributed by atoms with Gasteiger partial charge in [0.15, 0.2) is 0 Å². The molecule has 1 heterocycles. The van der Waals surface area contributed by atoms with Gasteiger partial charge in [-0.05, 0) is 65.3 Å². The van der Waals surface area contributed by atoms with Crippen LogP contribution >= 0.6 is 55.8 Å². The van der Waals surface area contributed by atoms with Gasteiger partial charge in [-0.3, -0.25) is 14.5 Å². The van der Waals surface area contributed by atoms with Crippen molar-refractivity contribution >= 4 is 83.7 Å². The number of methoxy groups -OCH3 is 1. The van der Waals surface area contributed by atoms with Gasteiger partial charge in [-0.1, -0.05) is 39.9 Å². The number of carbonyl (C=O) groups excluding carboxylic acids is 2. The van der Waals surface area contributed by atoms with E-state index in [1.807, 2.05) is 0 Å². The molecular formula is C20H16Br2N2O4S2. The molecule has 3 rings (SSSR count). The second-order valence-corrected chi connectivity index (χ2v) is 9.72. The number of nitrogens with one attached hydrogen (secondary N) is 1. The Labute approximate surface area is 199 Å². The van der Waals surface area contributed by atoms with Crippen LogP contribution in [-0.2, 0) is 9.59 Å². The molecule has 2 aromatic carbocycles. The Kier molecular flexibility index (Phi) is 7.22. The highest BCUT2D eigenvalue weighted by molar-refractivity contribution is 9.11. The molecular weight excluding hydrogens is 556 g/mol. The van der Waals surface area contributed by atoms with Gasteiger partial charge in [0, 0.05) is 15.7 Å². The number of nitrogens with zero attached hydrogens (tertiary/aromatic N) is 1. The SMILES string of the molecule is COc1ccc(NC(=O)C(C)N2C(=O)/C(=C/c3cc(Br)cc(Br)c3O)SC2=S)cc1. The smallest absolute Gasteiger partial charge is 0.266 e. The van der Waals surface area contributed by atoms with Crippen molar-refractivity contribution in [2.75, 3.05) is 12.4 Å². The summed E-state index contributed by atoms with van der Waals surface area (Å²) in [5, 5.41) is 13.0. The van der Waals surface area contributed by atoms with Crippen molar-refractivity contribution in [2.24, 2.45) is 0 Å². The lowest BCUT2D eigenvalue weighted by atomic mass is 10.1. The fourth-order valence-corrected chi connectivity index (χ4v) is 5.36. The third kappa shape index (κ3) is 4.88. The quantitative estimate of drug-likeness (QED) is 0.381. The Morgan fingerprint density at radius 1 is 1.30 bits per heavy atom. The van der Waals surface area contributed by atoms with Gasteiger partial charge < -0.3 is 15.2 Å². The number of carbonyl (C=O) groups is 2. The van der Waals surface area contributed by atoms with E-state index in [1.54, 1.807) is 56.5 Å². The van der Waals surface area contributed by atoms with Gasteiger partial charge in [0.1, 0.15) is 21.9 Å². The summed E-state index contributed by atoms with van der Waals surface area (Å²) in [7, 11) is 1.56. The molecule has 0 aromatic heterocycles. The number of ether oxygens (including phenoxy) is 1. The van der Waals surface area contributed by atoms with Crippen LogP contribution in [0.4, 0.5) is 5.69 Å². The molecule has 2 amide bonds. The minimum absolute atomic E-state index is 0.00812. The number of anilines is 1. The van der Waals surface area contributed by atoms with Crippen molar-refractivity contribution in [1.82, 2.24) is 4.90 Å². The second-order valence-electron chi connectivity index (χ2n) is 6.27. The van der Waals surface area contributed by atoms with Crippen LogP contribution in [0.1, 0.15) is 12.5 Å². The average molecular weight is 572 g/mol. The van der Waals surface area contributed by atoms with Gasteiger partial charge in [-0.25, -0.2) is 0 Å². The Bertz CT molecular complexity index is 1060. The molecule has 0 spiro atoms. The van der Waals surface area contributed by atoms with Crippen LogP contribution in [0, 0.1) is 0 Å². The fraction of sp³-hybridized carbons (Fsp3) is 0.150. The van der Waals surface area contributed by atoms with Gasteiger partial charge in [-0.2, -0.15) is 0 Å². The summed E-state index contributed by atoms with van der Waals surface area (Å²) in [4.78, 5) is 27.2. The van der Waals surface area contributed by atoms with Crippen molar-refractivity contribution in [3.05, 3.63) is 55.8 Å². The van der Waals surface area contributed by atoms with E-state index in [4.69, 9.17) is 17.0 Å². The minimum Gasteiger partial charge on any atom is -0.506 e. The topological polar surface area (TPSA) is 78.9 Å². The van der Waals surface area contributed by atoms with E-state index >= 15 is 0 Å². The van der Waals surface area contributed by atoms with Crippen molar-refractivity contribution < 1.29 is 19.4 Å². The average Bonchev–Trinajstić information content (AvgIpc) is 2.98. The summed E-state index contributed by atoms with van der Waals surface area (Å²) in [5.41, 5.74) is 1.03. The maximum atomic E-state index is 12.9. The van der Waals surface area contributed by atoms with E-state index in [9.17, 15) is 14.7 Å². The number of benzene rings is 2. The van der Waals surface area contributed by atoms with Gasteiger partial charge >= 0.3 is 0 Å². The molecule has 1 unspecified atom stereocenters. The number of amides is 2. The molecule has 156 valence electrons. The third-order valence-electron chi connectivity index (χ3n) is 4.29. The van der Waals surface area contributed by atoms with Gasteiger partial charge in [-0.15, -0.1) is 0 Å². The number of hydrogen-bond acceptors (Lipinski definition) is 6. The van der Waals surface area contributed by atoms with E-state index in [-0.39, 0.29) is 16.0 Å². The third-order valence-corrected chi connectivity index (χ3v) is 6.68. The van der Waals surface area contributed by atoms with E-state index in [1.165, 1.54) is 4.90 Å². The number of halogens is 2. The lowest BCUT2D eigenvalue weighted by Gasteiger charge is -2.22. The Balaban J connectivity index is 1.79. The summed E-state index contributed by atoms with van der Waals surface area (Å²) < 4.78 is 6.60. The largest absolute Gasteiger partial charge is 0.506 e. The first-order valence-electron chi connectivity index (χ1n) is 8.61. The van der Waals surface area contributed by atoms with Crippen molar-refractivity contribution in [2.45, 2.75) is 13.0 Å². The van der Waals surface area contributed by atoms with Crippen LogP contribution in [0.25, 0.3) is 6.08 Å². The van der Waals surface area contributed by atoms with Crippen LogP contribution in [-0.4, -0.2) is 39.3 Å². The normalized spacial score (nSPS) is 16.1. The van der Waals surface area contributed by atoms with Crippen molar-refractivity contribution in [3.63, 3.8) is 0 Å². The molecule has 1 fully saturated rings. The number of thiocarbonyl (C=S) groups is 1. The van der Waals surface area contributed by atoms with E-state index < -0.39 is 11.9 Å². The lowest BCUT2D eigenvalue weighted by Crippen LogP contribution is -2.44. The highest BCUT2D eigenvalue weighted by atomic mass is 79.9. The van der Waals surface area contributed by atoms with E-state index in [2.05, 4.69) is 37.2 Å². The van der Waals surface area contributed by atoms with Crippen molar-refractivity contribution in [1.29, 1.82) is 0 Å². The summed E-state index contributed by atoms with van der Waals surface area (Å²) in [5.74, 6) is -0.0806. The van der Waals surface area contributed by atoms with Crippen LogP contribution in [0.3, 0.4) is 0 Å². The minimum atomic E-state index is -0.812. The molecule has 1 saturated heterocycles. The predicted octanol–water partition coefficient (Wildman–Crippen LogP) is 5.15. The molecule has 1 aliphatic rings. The van der Waals surface area contributed by atoms with Gasteiger partial charge in [0.25, 0.3) is 5.91 Å². The summed E-state index contributed by atoms with van der Waals surface area (Å²) in [6, 6.07) is 9.45. The molecule has 6 nitrogen and oxygen atoms in total. The number of hydrogen-bond donors (Lipinski definition) is 2. The zero-order valence-electron chi connectivity index (χ0n) is 15.8. The maximum Gasteiger partial charge on any atom is 0.266 e. The number of phenolic OH excluding ortho intramolecular Hbond substituents is 1. The molecule has 30 heavy (non-hydrogen) atoms. The predicted molar refractivity (Wildman–Crippen MR) is 130 cm³/mol. The Morgan fingerprint density at radius 3 is 2.60 bits per heavy atom. The Hall–Kier alpha value is -1.88. The highest BCUT2D eigenvalue weighted by Crippen LogP contribution is 2.38. The number of phenols is 1. The van der Waals surface area contributed by atoms with Crippen molar-refractivity contribution in [3.8, 4) is 11.5 Å². The number of thioether (sulfide) groups is 1. The first-order chi connectivity index (χ1) is 14.2. The zero-order chi connectivity index (χ0) is 22.0. The molecule has 2 N–H and O–H groups in total. The fourth-order valence-electron chi connectivity index (χ4n) is 2.69. The van der Waals surface area contributed by atoms with Gasteiger partial charge in [0.2, 0.25) is 5.91 Å². The lowest BCUT2D eigenvalue weighted by molar-refractivity contribution is -0.129. The second kappa shape index (κ2) is 9.51. The van der Waals surface area contributed by atoms with E-state index in [0.29, 0.717) is 26.4 Å². The molecule has 0 radical (unpaired) electrons. The van der Waals surface area contributed by atoms with Crippen LogP contribution < -0.4 is 10.1 Å². The molecule has 0 aliphatic carbocycles. The summed E-state index contributed by atoms with van der Waals surface area (Å²) in [6.45, 7) is 1.61.